The highest BCUT2D eigenvalue weighted by atomic mass is 31.2. The zero-order valence-electron chi connectivity index (χ0n) is 4.86. The Morgan fingerprint density at radius 1 is 1.78 bits per heavy atom. The first kappa shape index (κ1) is 8.85. The Bertz CT molecular complexity index is 133. The molecule has 0 saturated carbocycles. The molecule has 9 heavy (non-hydrogen) atoms. The molecule has 1 atom stereocenters. The maximum atomic E-state index is 10.4. The van der Waals surface area contributed by atoms with Crippen molar-refractivity contribution in [3.63, 3.8) is 0 Å². The average molecular weight is 152 g/mol. The summed E-state index contributed by atoms with van der Waals surface area (Å²) in [5, 5.41) is 7.77. The van der Waals surface area contributed by atoms with Crippen molar-refractivity contribution in [1.82, 2.24) is 0 Å². The summed E-state index contributed by atoms with van der Waals surface area (Å²) in [6.07, 6.45) is 1.74. The third-order valence-corrected chi connectivity index (χ3v) is 1.82. The first-order valence-electron chi connectivity index (χ1n) is 2.38. The van der Waals surface area contributed by atoms with E-state index in [2.05, 4.69) is 11.3 Å². The van der Waals surface area contributed by atoms with Gasteiger partial charge in [0.15, 0.2) is 0 Å². The Hall–Kier alpha value is -0.150. The van der Waals surface area contributed by atoms with Gasteiger partial charge < -0.3 is 4.89 Å². The summed E-state index contributed by atoms with van der Waals surface area (Å²) >= 11 is 0. The van der Waals surface area contributed by atoms with E-state index in [9.17, 15) is 4.57 Å². The highest BCUT2D eigenvalue weighted by Crippen LogP contribution is 2.40. The molecule has 0 bridgehead atoms. The SMILES string of the molecule is C=CCCP(=O)(O)OO. The number of rotatable bonds is 4. The molecule has 0 radical (unpaired) electrons. The van der Waals surface area contributed by atoms with Gasteiger partial charge in [0.25, 0.3) is 0 Å². The molecule has 0 aliphatic carbocycles. The summed E-state index contributed by atoms with van der Waals surface area (Å²) in [7, 11) is -3.71. The van der Waals surface area contributed by atoms with Gasteiger partial charge in [-0.1, -0.05) is 6.08 Å². The van der Waals surface area contributed by atoms with E-state index in [0.717, 1.165) is 0 Å². The summed E-state index contributed by atoms with van der Waals surface area (Å²) in [6, 6.07) is 0. The second kappa shape index (κ2) is 3.80. The number of hydrogen-bond acceptors (Lipinski definition) is 3. The number of hydrogen-bond donors (Lipinski definition) is 2. The van der Waals surface area contributed by atoms with E-state index in [1.54, 1.807) is 0 Å². The van der Waals surface area contributed by atoms with Crippen molar-refractivity contribution in [2.45, 2.75) is 6.42 Å². The van der Waals surface area contributed by atoms with Crippen LogP contribution in [-0.4, -0.2) is 16.3 Å². The van der Waals surface area contributed by atoms with Crippen molar-refractivity contribution < 1.29 is 19.4 Å². The van der Waals surface area contributed by atoms with Gasteiger partial charge in [-0.2, -0.15) is 4.67 Å². The topological polar surface area (TPSA) is 66.8 Å². The van der Waals surface area contributed by atoms with Gasteiger partial charge in [0.2, 0.25) is 0 Å². The molecule has 54 valence electrons. The van der Waals surface area contributed by atoms with E-state index in [-0.39, 0.29) is 6.16 Å². The average Bonchev–Trinajstić information content (AvgIpc) is 1.84. The lowest BCUT2D eigenvalue weighted by Crippen LogP contribution is -1.88. The molecule has 0 amide bonds. The molecule has 0 aromatic heterocycles. The Balaban J connectivity index is 3.58. The minimum absolute atomic E-state index is 0.0903. The first-order valence-corrected chi connectivity index (χ1v) is 4.14. The van der Waals surface area contributed by atoms with Gasteiger partial charge in [-0.15, -0.1) is 6.58 Å². The van der Waals surface area contributed by atoms with Crippen LogP contribution in [0.15, 0.2) is 12.7 Å². The van der Waals surface area contributed by atoms with E-state index >= 15 is 0 Å². The lowest BCUT2D eigenvalue weighted by Gasteiger charge is -2.02. The minimum Gasteiger partial charge on any atom is -0.323 e. The molecule has 0 saturated heterocycles. The standard InChI is InChI=1S/C4H9O4P/c1-2-3-4-9(6,7)8-5/h2,5H,1,3-4H2,(H,6,7). The molecule has 0 aliphatic heterocycles. The van der Waals surface area contributed by atoms with E-state index in [0.29, 0.717) is 6.42 Å². The maximum Gasteiger partial charge on any atom is 0.355 e. The lowest BCUT2D eigenvalue weighted by molar-refractivity contribution is -0.145. The van der Waals surface area contributed by atoms with Crippen LogP contribution >= 0.6 is 7.60 Å². The molecule has 0 rings (SSSR count). The Labute approximate surface area is 53.2 Å². The molecule has 0 aromatic carbocycles. The summed E-state index contributed by atoms with van der Waals surface area (Å²) in [5.74, 6) is 0. The molecule has 0 aromatic rings. The molecule has 5 heteroatoms. The Kier molecular flexibility index (Phi) is 3.73. The van der Waals surface area contributed by atoms with Crippen LogP contribution in [0.1, 0.15) is 6.42 Å². The zero-order chi connectivity index (χ0) is 7.33. The predicted octanol–water partition coefficient (Wildman–Crippen LogP) is 1.24. The van der Waals surface area contributed by atoms with Gasteiger partial charge in [0, 0.05) is 0 Å². The fourth-order valence-electron chi connectivity index (χ4n) is 0.295. The van der Waals surface area contributed by atoms with Crippen LogP contribution in [0, 0.1) is 0 Å². The van der Waals surface area contributed by atoms with E-state index in [4.69, 9.17) is 10.2 Å². The fraction of sp³-hybridized carbons (Fsp3) is 0.500. The molecule has 0 spiro atoms. The smallest absolute Gasteiger partial charge is 0.323 e. The van der Waals surface area contributed by atoms with Gasteiger partial charge in [0.05, 0.1) is 6.16 Å². The van der Waals surface area contributed by atoms with Crippen molar-refractivity contribution >= 4 is 7.60 Å². The van der Waals surface area contributed by atoms with E-state index < -0.39 is 7.60 Å². The van der Waals surface area contributed by atoms with Crippen molar-refractivity contribution in [3.8, 4) is 0 Å². The first-order chi connectivity index (χ1) is 4.12. The second-order valence-corrected chi connectivity index (χ2v) is 3.41. The van der Waals surface area contributed by atoms with Crippen LogP contribution in [0.3, 0.4) is 0 Å². The van der Waals surface area contributed by atoms with Crippen molar-refractivity contribution in [2.75, 3.05) is 6.16 Å². The van der Waals surface area contributed by atoms with Crippen LogP contribution in [0.5, 0.6) is 0 Å². The van der Waals surface area contributed by atoms with Crippen LogP contribution < -0.4 is 0 Å². The Morgan fingerprint density at radius 3 is 2.67 bits per heavy atom. The van der Waals surface area contributed by atoms with Gasteiger partial charge in [-0.3, -0.25) is 4.57 Å². The fourth-order valence-corrected chi connectivity index (χ4v) is 0.886. The minimum atomic E-state index is -3.71. The van der Waals surface area contributed by atoms with Gasteiger partial charge in [-0.25, -0.2) is 5.26 Å². The van der Waals surface area contributed by atoms with Crippen LogP contribution in [-0.2, 0) is 9.24 Å². The van der Waals surface area contributed by atoms with Crippen molar-refractivity contribution in [2.24, 2.45) is 0 Å². The quantitative estimate of drug-likeness (QED) is 0.275. The molecule has 2 N–H and O–H groups in total. The normalized spacial score (nSPS) is 16.7. The van der Waals surface area contributed by atoms with Crippen molar-refractivity contribution in [1.29, 1.82) is 0 Å². The predicted molar refractivity (Wildman–Crippen MR) is 33.2 cm³/mol. The molecule has 4 nitrogen and oxygen atoms in total. The van der Waals surface area contributed by atoms with Gasteiger partial charge in [-0.05, 0) is 6.42 Å². The van der Waals surface area contributed by atoms with Crippen LogP contribution in [0.4, 0.5) is 0 Å². The highest BCUT2D eigenvalue weighted by Gasteiger charge is 2.16. The largest absolute Gasteiger partial charge is 0.355 e. The Morgan fingerprint density at radius 2 is 2.33 bits per heavy atom. The molecular formula is C4H9O4P. The van der Waals surface area contributed by atoms with Gasteiger partial charge >= 0.3 is 7.60 Å². The third kappa shape index (κ3) is 4.36. The highest BCUT2D eigenvalue weighted by molar-refractivity contribution is 7.52. The summed E-state index contributed by atoms with van der Waals surface area (Å²) < 4.78 is 13.7. The monoisotopic (exact) mass is 152 g/mol. The van der Waals surface area contributed by atoms with Crippen molar-refractivity contribution in [3.05, 3.63) is 12.7 Å². The number of allylic oxidation sites excluding steroid dienone is 1. The third-order valence-electron chi connectivity index (χ3n) is 0.743. The van der Waals surface area contributed by atoms with Gasteiger partial charge in [0.1, 0.15) is 0 Å². The second-order valence-electron chi connectivity index (χ2n) is 1.52. The van der Waals surface area contributed by atoms with E-state index in [1.807, 2.05) is 0 Å². The summed E-state index contributed by atoms with van der Waals surface area (Å²) in [4.78, 5) is 8.49. The van der Waals surface area contributed by atoms with Crippen LogP contribution in [0.2, 0.25) is 0 Å². The summed E-state index contributed by atoms with van der Waals surface area (Å²) in [6.45, 7) is 3.33. The maximum absolute atomic E-state index is 10.4. The molecular weight excluding hydrogens is 143 g/mol. The molecule has 0 aliphatic rings. The lowest BCUT2D eigenvalue weighted by atomic mass is 10.5. The summed E-state index contributed by atoms with van der Waals surface area (Å²) in [5.41, 5.74) is 0. The molecule has 0 fully saturated rings. The zero-order valence-corrected chi connectivity index (χ0v) is 5.75. The van der Waals surface area contributed by atoms with E-state index in [1.165, 1.54) is 6.08 Å². The molecule has 1 unspecified atom stereocenters. The molecule has 0 heterocycles. The van der Waals surface area contributed by atoms with Crippen LogP contribution in [0.25, 0.3) is 0 Å².